The molecular formula is C35H26N8O10S2. The first kappa shape index (κ1) is 37.6. The zero-order valence-corrected chi connectivity index (χ0v) is 29.4. The van der Waals surface area contributed by atoms with E-state index >= 15 is 0 Å². The number of carboxylic acid groups (broad SMARTS) is 1. The molecule has 0 saturated heterocycles. The summed E-state index contributed by atoms with van der Waals surface area (Å²) in [7, 11) is -9.99. The number of phenols is 2. The Hall–Kier alpha value is -7.13. The summed E-state index contributed by atoms with van der Waals surface area (Å²) in [6.07, 6.45) is 0. The van der Waals surface area contributed by atoms with Crippen LogP contribution in [0.15, 0.2) is 144 Å². The Kier molecular flexibility index (Phi) is 10.1. The van der Waals surface area contributed by atoms with Crippen molar-refractivity contribution < 1.29 is 46.1 Å². The molecule has 0 aliphatic carbocycles. The van der Waals surface area contributed by atoms with Crippen molar-refractivity contribution in [3.63, 3.8) is 0 Å². The maximum atomic E-state index is 12.5. The van der Waals surface area contributed by atoms with Gasteiger partial charge in [0.25, 0.3) is 20.2 Å². The van der Waals surface area contributed by atoms with Crippen molar-refractivity contribution in [1.29, 1.82) is 0 Å². The molecule has 0 bridgehead atoms. The van der Waals surface area contributed by atoms with E-state index in [1.807, 2.05) is 0 Å². The molecule has 278 valence electrons. The van der Waals surface area contributed by atoms with Crippen LogP contribution in [-0.2, 0) is 20.2 Å². The Labute approximate surface area is 311 Å². The molecule has 6 aromatic carbocycles. The quantitative estimate of drug-likeness (QED) is 0.0390. The van der Waals surface area contributed by atoms with Gasteiger partial charge in [0.1, 0.15) is 27.6 Å². The van der Waals surface area contributed by atoms with Gasteiger partial charge in [0.2, 0.25) is 0 Å². The van der Waals surface area contributed by atoms with Gasteiger partial charge in [-0.15, -0.1) is 15.3 Å². The Morgan fingerprint density at radius 3 is 1.71 bits per heavy atom. The van der Waals surface area contributed by atoms with Gasteiger partial charge in [-0.2, -0.15) is 32.2 Å². The number of hydrogen-bond acceptors (Lipinski definition) is 15. The van der Waals surface area contributed by atoms with E-state index in [1.54, 1.807) is 36.4 Å². The van der Waals surface area contributed by atoms with Gasteiger partial charge in [-0.3, -0.25) is 9.11 Å². The summed E-state index contributed by atoms with van der Waals surface area (Å²) < 4.78 is 68.9. The van der Waals surface area contributed by atoms with Crippen LogP contribution in [-0.4, -0.2) is 47.2 Å². The van der Waals surface area contributed by atoms with Crippen LogP contribution < -0.4 is 11.5 Å². The van der Waals surface area contributed by atoms with Crippen LogP contribution in [0, 0.1) is 0 Å². The lowest BCUT2D eigenvalue weighted by atomic mass is 10.1. The summed E-state index contributed by atoms with van der Waals surface area (Å²) in [5, 5.41) is 53.8. The number of phenolic OH excluding ortho intramolecular Hbond substituents is 1. The molecular weight excluding hydrogens is 757 g/mol. The number of anilines is 2. The van der Waals surface area contributed by atoms with Crippen molar-refractivity contribution in [3.05, 3.63) is 109 Å². The molecule has 6 aromatic rings. The van der Waals surface area contributed by atoms with Crippen LogP contribution in [0.5, 0.6) is 11.5 Å². The van der Waals surface area contributed by atoms with Crippen molar-refractivity contribution in [2.75, 3.05) is 11.5 Å². The molecule has 0 fully saturated rings. The first-order valence-corrected chi connectivity index (χ1v) is 18.3. The second-order valence-corrected chi connectivity index (χ2v) is 14.4. The van der Waals surface area contributed by atoms with Gasteiger partial charge >= 0.3 is 5.97 Å². The number of azo groups is 3. The van der Waals surface area contributed by atoms with Crippen molar-refractivity contribution >= 4 is 82.5 Å². The third kappa shape index (κ3) is 8.42. The third-order valence-electron chi connectivity index (χ3n) is 7.82. The van der Waals surface area contributed by atoms with E-state index in [2.05, 4.69) is 30.7 Å². The molecule has 0 aliphatic rings. The van der Waals surface area contributed by atoms with E-state index in [4.69, 9.17) is 11.5 Å². The monoisotopic (exact) mass is 782 g/mol. The van der Waals surface area contributed by atoms with Crippen LogP contribution in [0.1, 0.15) is 10.4 Å². The van der Waals surface area contributed by atoms with E-state index in [0.717, 1.165) is 29.3 Å². The van der Waals surface area contributed by atoms with E-state index in [0.29, 0.717) is 11.4 Å². The lowest BCUT2D eigenvalue weighted by molar-refractivity contribution is 0.0693. The summed E-state index contributed by atoms with van der Waals surface area (Å²) in [5.74, 6) is -2.57. The molecule has 0 radical (unpaired) electrons. The maximum absolute atomic E-state index is 12.5. The molecule has 0 unspecified atom stereocenters. The normalized spacial score (nSPS) is 12.3. The zero-order valence-electron chi connectivity index (χ0n) is 27.7. The number of aromatic hydroxyl groups is 2. The van der Waals surface area contributed by atoms with Gasteiger partial charge < -0.3 is 26.8 Å². The Bertz CT molecular complexity index is 2830. The fourth-order valence-corrected chi connectivity index (χ4v) is 6.35. The lowest BCUT2D eigenvalue weighted by Gasteiger charge is -2.12. The number of fused-ring (bicyclic) bond motifs is 1. The predicted octanol–water partition coefficient (Wildman–Crippen LogP) is 8.52. The number of aromatic carboxylic acids is 1. The highest BCUT2D eigenvalue weighted by atomic mass is 32.2. The molecule has 0 atom stereocenters. The Morgan fingerprint density at radius 1 is 0.582 bits per heavy atom. The van der Waals surface area contributed by atoms with Crippen LogP contribution in [0.3, 0.4) is 0 Å². The SMILES string of the molecule is Nc1ccc(N=Nc2cc(S(=O)(=O)O)cc3cc(S(=O)(=O)O)c(N=Nc4ccc(-c5ccc(N=Nc6ccc(O)c(C(=O)O)c6)cc5)cc4)c(O)c23)c(N)c1. The lowest BCUT2D eigenvalue weighted by Crippen LogP contribution is -2.01. The van der Waals surface area contributed by atoms with Gasteiger partial charge in [-0.1, -0.05) is 24.3 Å². The Morgan fingerprint density at radius 2 is 1.15 bits per heavy atom. The number of hydrogen-bond donors (Lipinski definition) is 7. The van der Waals surface area contributed by atoms with E-state index in [9.17, 15) is 46.1 Å². The summed E-state index contributed by atoms with van der Waals surface area (Å²) in [6, 6.07) is 23.9. The number of benzene rings is 6. The molecule has 0 aliphatic heterocycles. The summed E-state index contributed by atoms with van der Waals surface area (Å²) in [6.45, 7) is 0. The van der Waals surface area contributed by atoms with Gasteiger partial charge in [-0.25, -0.2) is 4.79 Å². The standard InChI is InChI=1S/C35H26N8O10S2/c36-21-5-11-28(27(37)15-21)41-42-29-17-25(54(48,49)50)13-20-14-31(55(51,52)53)33(34(45)32(20)29)43-39-23-8-3-19(4-9-23)18-1-6-22(7-2-18)38-40-24-10-12-30(44)26(16-24)35(46)47/h1-17,44-45H,36-37H2,(H,46,47)(H,48,49,50)(H,51,52,53). The molecule has 0 saturated carbocycles. The number of nitrogens with two attached hydrogens (primary N) is 2. The number of nitrogen functional groups attached to an aromatic ring is 2. The van der Waals surface area contributed by atoms with Gasteiger partial charge in [0.15, 0.2) is 5.75 Å². The molecule has 9 N–H and O–H groups in total. The van der Waals surface area contributed by atoms with Crippen LogP contribution >= 0.6 is 0 Å². The fraction of sp³-hybridized carbons (Fsp3) is 0. The van der Waals surface area contributed by atoms with E-state index in [1.165, 1.54) is 48.5 Å². The molecule has 20 heteroatoms. The average molecular weight is 783 g/mol. The molecule has 55 heavy (non-hydrogen) atoms. The largest absolute Gasteiger partial charge is 0.507 e. The van der Waals surface area contributed by atoms with Crippen molar-refractivity contribution in [3.8, 4) is 22.6 Å². The molecule has 0 heterocycles. The van der Waals surface area contributed by atoms with Crippen molar-refractivity contribution in [2.24, 2.45) is 30.7 Å². The Balaban J connectivity index is 1.32. The zero-order chi connectivity index (χ0) is 39.7. The molecule has 6 rings (SSSR count). The van der Waals surface area contributed by atoms with E-state index in [-0.39, 0.29) is 44.8 Å². The van der Waals surface area contributed by atoms with Crippen LogP contribution in [0.25, 0.3) is 21.9 Å². The number of nitrogens with zero attached hydrogens (tertiary/aromatic N) is 6. The highest BCUT2D eigenvalue weighted by Crippen LogP contribution is 2.46. The second kappa shape index (κ2) is 14.7. The average Bonchev–Trinajstić information content (AvgIpc) is 3.13. The van der Waals surface area contributed by atoms with Gasteiger partial charge in [0, 0.05) is 5.69 Å². The minimum absolute atomic E-state index is 0.113. The first-order valence-electron chi connectivity index (χ1n) is 15.4. The van der Waals surface area contributed by atoms with Crippen molar-refractivity contribution in [2.45, 2.75) is 9.79 Å². The molecule has 0 aromatic heterocycles. The minimum Gasteiger partial charge on any atom is -0.507 e. The number of carboxylic acids is 1. The smallest absolute Gasteiger partial charge is 0.339 e. The maximum Gasteiger partial charge on any atom is 0.339 e. The van der Waals surface area contributed by atoms with Crippen molar-refractivity contribution in [1.82, 2.24) is 0 Å². The molecule has 18 nitrogen and oxygen atoms in total. The highest BCUT2D eigenvalue weighted by molar-refractivity contribution is 7.86. The third-order valence-corrected chi connectivity index (χ3v) is 9.52. The van der Waals surface area contributed by atoms with Gasteiger partial charge in [0.05, 0.1) is 38.7 Å². The summed E-state index contributed by atoms with van der Waals surface area (Å²) in [5.41, 5.74) is 13.2. The topological polar surface area (TPSA) is 313 Å². The minimum atomic E-state index is -5.11. The van der Waals surface area contributed by atoms with Crippen LogP contribution in [0.4, 0.5) is 45.5 Å². The fourth-order valence-electron chi connectivity index (χ4n) is 5.15. The second-order valence-electron chi connectivity index (χ2n) is 11.6. The van der Waals surface area contributed by atoms with Gasteiger partial charge in [-0.05, 0) is 95.4 Å². The predicted molar refractivity (Wildman–Crippen MR) is 200 cm³/mol. The number of rotatable bonds is 10. The summed E-state index contributed by atoms with van der Waals surface area (Å²) >= 11 is 0. The molecule has 0 spiro atoms. The first-order chi connectivity index (χ1) is 26.0. The van der Waals surface area contributed by atoms with E-state index < -0.39 is 53.2 Å². The molecule has 0 amide bonds. The summed E-state index contributed by atoms with van der Waals surface area (Å²) in [4.78, 5) is 9.60. The highest BCUT2D eigenvalue weighted by Gasteiger charge is 2.25. The van der Waals surface area contributed by atoms with Crippen LogP contribution in [0.2, 0.25) is 0 Å². The number of carbonyl (C=O) groups is 1.